The van der Waals surface area contributed by atoms with Crippen LogP contribution in [0.1, 0.15) is 33.1 Å². The lowest BCUT2D eigenvalue weighted by atomic mass is 10.3. The molecule has 0 aliphatic carbocycles. The Morgan fingerprint density at radius 3 is 2.24 bits per heavy atom. The zero-order chi connectivity index (χ0) is 13.3. The molecule has 1 N–H and O–H groups in total. The molecule has 0 aliphatic heterocycles. The van der Waals surface area contributed by atoms with Gasteiger partial charge in [-0.1, -0.05) is 0 Å². The van der Waals surface area contributed by atoms with Crippen LogP contribution in [0.2, 0.25) is 0 Å². The van der Waals surface area contributed by atoms with Gasteiger partial charge < -0.3 is 10.2 Å². The summed E-state index contributed by atoms with van der Waals surface area (Å²) in [4.78, 5) is 13.2. The first kappa shape index (κ1) is 16.2. The van der Waals surface area contributed by atoms with Crippen LogP contribution < -0.4 is 5.32 Å². The normalized spacial score (nSPS) is 11.6. The molecular formula is C11H21F3N2O. The van der Waals surface area contributed by atoms with Crippen molar-refractivity contribution >= 4 is 5.91 Å². The van der Waals surface area contributed by atoms with Gasteiger partial charge in [0.2, 0.25) is 5.91 Å². The molecule has 0 aromatic heterocycles. The van der Waals surface area contributed by atoms with E-state index in [4.69, 9.17) is 0 Å². The molecule has 0 atom stereocenters. The molecule has 0 spiro atoms. The number of carbonyl (C=O) groups excluding carboxylic acids is 1. The van der Waals surface area contributed by atoms with Crippen LogP contribution in [0.4, 0.5) is 13.2 Å². The second kappa shape index (κ2) is 8.33. The second-order valence-electron chi connectivity index (χ2n) is 3.78. The summed E-state index contributed by atoms with van der Waals surface area (Å²) in [6.45, 7) is 5.88. The number of amides is 1. The van der Waals surface area contributed by atoms with E-state index in [1.807, 2.05) is 13.8 Å². The Labute approximate surface area is 100 Å². The van der Waals surface area contributed by atoms with E-state index in [-0.39, 0.29) is 12.3 Å². The van der Waals surface area contributed by atoms with Crippen LogP contribution in [0.15, 0.2) is 0 Å². The van der Waals surface area contributed by atoms with Crippen LogP contribution in [0.3, 0.4) is 0 Å². The van der Waals surface area contributed by atoms with E-state index in [1.54, 1.807) is 4.90 Å². The Morgan fingerprint density at radius 2 is 1.76 bits per heavy atom. The summed E-state index contributed by atoms with van der Waals surface area (Å²) in [6, 6.07) is 0. The number of rotatable bonds is 8. The van der Waals surface area contributed by atoms with Gasteiger partial charge in [-0.3, -0.25) is 4.79 Å². The summed E-state index contributed by atoms with van der Waals surface area (Å²) in [7, 11) is 0. The molecule has 1 amide bonds. The summed E-state index contributed by atoms with van der Waals surface area (Å²) < 4.78 is 35.4. The first-order valence-electron chi connectivity index (χ1n) is 5.96. The van der Waals surface area contributed by atoms with Crippen molar-refractivity contribution in [2.75, 3.05) is 26.2 Å². The number of nitrogens with one attached hydrogen (secondary N) is 1. The van der Waals surface area contributed by atoms with Gasteiger partial charge in [-0.2, -0.15) is 13.2 Å². The van der Waals surface area contributed by atoms with Crippen molar-refractivity contribution in [1.29, 1.82) is 0 Å². The summed E-state index contributed by atoms with van der Waals surface area (Å²) in [5.41, 5.74) is 0. The summed E-state index contributed by atoms with van der Waals surface area (Å²) in [6.07, 6.45) is -4.46. The lowest BCUT2D eigenvalue weighted by Crippen LogP contribution is -2.33. The van der Waals surface area contributed by atoms with Crippen molar-refractivity contribution in [1.82, 2.24) is 10.2 Å². The van der Waals surface area contributed by atoms with Crippen molar-refractivity contribution in [3.05, 3.63) is 0 Å². The van der Waals surface area contributed by atoms with Crippen LogP contribution in [0.5, 0.6) is 0 Å². The predicted molar refractivity (Wildman–Crippen MR) is 60.7 cm³/mol. The second-order valence-corrected chi connectivity index (χ2v) is 3.78. The first-order valence-corrected chi connectivity index (χ1v) is 5.96. The number of nitrogens with zero attached hydrogens (tertiary/aromatic N) is 1. The number of alkyl halides is 3. The first-order chi connectivity index (χ1) is 7.90. The fourth-order valence-corrected chi connectivity index (χ4v) is 1.47. The van der Waals surface area contributed by atoms with E-state index in [1.165, 1.54) is 0 Å². The molecule has 0 rings (SSSR count). The average Bonchev–Trinajstić information content (AvgIpc) is 2.23. The molecule has 0 aromatic rings. The molecule has 0 saturated heterocycles. The molecule has 0 fully saturated rings. The minimum Gasteiger partial charge on any atom is -0.343 e. The van der Waals surface area contributed by atoms with Gasteiger partial charge in [-0.05, 0) is 26.8 Å². The fraction of sp³-hybridized carbons (Fsp3) is 0.909. The summed E-state index contributed by atoms with van der Waals surface area (Å²) in [5, 5.41) is 2.84. The molecular weight excluding hydrogens is 233 g/mol. The Morgan fingerprint density at radius 1 is 1.18 bits per heavy atom. The highest BCUT2D eigenvalue weighted by atomic mass is 19.4. The van der Waals surface area contributed by atoms with Crippen LogP contribution in [-0.4, -0.2) is 43.2 Å². The van der Waals surface area contributed by atoms with Crippen molar-refractivity contribution < 1.29 is 18.0 Å². The smallest absolute Gasteiger partial charge is 0.343 e. The number of carbonyl (C=O) groups is 1. The third kappa shape index (κ3) is 8.97. The number of hydrogen-bond donors (Lipinski definition) is 1. The zero-order valence-corrected chi connectivity index (χ0v) is 10.4. The van der Waals surface area contributed by atoms with Crippen molar-refractivity contribution in [3.8, 4) is 0 Å². The van der Waals surface area contributed by atoms with Crippen LogP contribution in [0.25, 0.3) is 0 Å². The van der Waals surface area contributed by atoms with E-state index in [2.05, 4.69) is 5.32 Å². The van der Waals surface area contributed by atoms with E-state index in [0.29, 0.717) is 32.6 Å². The van der Waals surface area contributed by atoms with Crippen LogP contribution >= 0.6 is 0 Å². The van der Waals surface area contributed by atoms with Gasteiger partial charge in [0.15, 0.2) is 0 Å². The summed E-state index contributed by atoms with van der Waals surface area (Å²) >= 11 is 0. The topological polar surface area (TPSA) is 32.3 Å². The highest BCUT2D eigenvalue weighted by molar-refractivity contribution is 5.76. The molecule has 3 nitrogen and oxygen atoms in total. The van der Waals surface area contributed by atoms with E-state index in [9.17, 15) is 18.0 Å². The molecule has 0 aliphatic rings. The molecule has 0 saturated carbocycles. The lowest BCUT2D eigenvalue weighted by molar-refractivity contribution is -0.135. The largest absolute Gasteiger partial charge is 0.389 e. The molecule has 0 radical (unpaired) electrons. The monoisotopic (exact) mass is 254 g/mol. The number of hydrogen-bond acceptors (Lipinski definition) is 2. The van der Waals surface area contributed by atoms with Gasteiger partial charge in [0.1, 0.15) is 0 Å². The van der Waals surface area contributed by atoms with E-state index >= 15 is 0 Å². The lowest BCUT2D eigenvalue weighted by Gasteiger charge is -2.18. The number of halogens is 3. The SMILES string of the molecule is CCN(CC)C(=O)CCNCCCC(F)(F)F. The molecule has 102 valence electrons. The van der Waals surface area contributed by atoms with Crippen LogP contribution in [-0.2, 0) is 4.79 Å². The van der Waals surface area contributed by atoms with Gasteiger partial charge in [0.25, 0.3) is 0 Å². The van der Waals surface area contributed by atoms with Gasteiger partial charge in [-0.25, -0.2) is 0 Å². The molecule has 0 heterocycles. The minimum atomic E-state index is -4.08. The minimum absolute atomic E-state index is 0.0401. The van der Waals surface area contributed by atoms with E-state index in [0.717, 1.165) is 0 Å². The predicted octanol–water partition coefficient (Wildman–Crippen LogP) is 2.18. The standard InChI is InChI=1S/C11H21F3N2O/c1-3-16(4-2)10(17)6-9-15-8-5-7-11(12,13)14/h15H,3-9H2,1-2H3. The van der Waals surface area contributed by atoms with Crippen LogP contribution in [0, 0.1) is 0 Å². The maximum atomic E-state index is 11.8. The van der Waals surface area contributed by atoms with E-state index < -0.39 is 12.6 Å². The molecule has 17 heavy (non-hydrogen) atoms. The van der Waals surface area contributed by atoms with Crippen molar-refractivity contribution in [2.24, 2.45) is 0 Å². The average molecular weight is 254 g/mol. The van der Waals surface area contributed by atoms with Gasteiger partial charge in [0.05, 0.1) is 0 Å². The van der Waals surface area contributed by atoms with Crippen molar-refractivity contribution in [2.45, 2.75) is 39.3 Å². The molecule has 6 heteroatoms. The van der Waals surface area contributed by atoms with Gasteiger partial charge in [0, 0.05) is 32.5 Å². The highest BCUT2D eigenvalue weighted by Crippen LogP contribution is 2.20. The maximum absolute atomic E-state index is 11.8. The Bertz CT molecular complexity index is 215. The van der Waals surface area contributed by atoms with Gasteiger partial charge in [-0.15, -0.1) is 0 Å². The highest BCUT2D eigenvalue weighted by Gasteiger charge is 2.25. The summed E-state index contributed by atoms with van der Waals surface area (Å²) in [5.74, 6) is 0.0401. The molecule has 0 bridgehead atoms. The molecule has 0 aromatic carbocycles. The third-order valence-electron chi connectivity index (χ3n) is 2.45. The zero-order valence-electron chi connectivity index (χ0n) is 10.4. The Kier molecular flexibility index (Phi) is 7.95. The quantitative estimate of drug-likeness (QED) is 0.673. The molecule has 0 unspecified atom stereocenters. The Balaban J connectivity index is 3.49. The third-order valence-corrected chi connectivity index (χ3v) is 2.45. The van der Waals surface area contributed by atoms with Gasteiger partial charge >= 0.3 is 6.18 Å². The maximum Gasteiger partial charge on any atom is 0.389 e. The van der Waals surface area contributed by atoms with Crippen molar-refractivity contribution in [3.63, 3.8) is 0 Å². The fourth-order valence-electron chi connectivity index (χ4n) is 1.47. The Hall–Kier alpha value is -0.780.